The third kappa shape index (κ3) is 6.27. The molecule has 2 aliphatic rings. The maximum atomic E-state index is 12.4. The number of urea groups is 1. The van der Waals surface area contributed by atoms with Crippen LogP contribution in [0.15, 0.2) is 52.8 Å². The molecule has 0 fully saturated rings. The van der Waals surface area contributed by atoms with Crippen molar-refractivity contribution in [1.82, 2.24) is 16.1 Å². The molecular weight excluding hydrogens is 496 g/mol. The zero-order valence-electron chi connectivity index (χ0n) is 21.3. The molecule has 0 saturated carbocycles. The van der Waals surface area contributed by atoms with Crippen LogP contribution in [0.2, 0.25) is 0 Å². The van der Waals surface area contributed by atoms with E-state index in [9.17, 15) is 14.7 Å². The van der Waals surface area contributed by atoms with E-state index in [1.807, 2.05) is 13.0 Å². The third-order valence-electron chi connectivity index (χ3n) is 5.68. The summed E-state index contributed by atoms with van der Waals surface area (Å²) in [5, 5.41) is 19.7. The van der Waals surface area contributed by atoms with Crippen molar-refractivity contribution >= 4 is 18.2 Å². The predicted molar refractivity (Wildman–Crippen MR) is 136 cm³/mol. The van der Waals surface area contributed by atoms with Gasteiger partial charge in [0.2, 0.25) is 0 Å². The van der Waals surface area contributed by atoms with Crippen LogP contribution < -0.4 is 35.0 Å². The zero-order chi connectivity index (χ0) is 27.1. The van der Waals surface area contributed by atoms with Crippen LogP contribution in [0.25, 0.3) is 0 Å². The van der Waals surface area contributed by atoms with Crippen molar-refractivity contribution in [1.29, 1.82) is 0 Å². The van der Waals surface area contributed by atoms with Crippen LogP contribution in [0.1, 0.15) is 31.0 Å². The van der Waals surface area contributed by atoms with Crippen LogP contribution in [0.3, 0.4) is 0 Å². The monoisotopic (exact) mass is 526 g/mol. The second-order valence-electron chi connectivity index (χ2n) is 8.32. The van der Waals surface area contributed by atoms with Crippen LogP contribution in [0.5, 0.6) is 23.0 Å². The predicted octanol–water partition coefficient (Wildman–Crippen LogP) is 1.98. The molecule has 4 N–H and O–H groups in total. The summed E-state index contributed by atoms with van der Waals surface area (Å²) < 4.78 is 27.4. The Kier molecular flexibility index (Phi) is 8.54. The number of nitrogens with zero attached hydrogens (tertiary/aromatic N) is 1. The molecule has 2 aromatic carbocycles. The Bertz CT molecular complexity index is 1250. The van der Waals surface area contributed by atoms with Crippen LogP contribution >= 0.6 is 0 Å². The number of rotatable bonds is 10. The first-order valence-electron chi connectivity index (χ1n) is 12.0. The lowest BCUT2D eigenvalue weighted by Crippen LogP contribution is -2.45. The topological polar surface area (TPSA) is 149 Å². The number of esters is 1. The van der Waals surface area contributed by atoms with Crippen LogP contribution in [0, 0.1) is 0 Å². The molecule has 0 bridgehead atoms. The van der Waals surface area contributed by atoms with Crippen LogP contribution in [0.4, 0.5) is 4.79 Å². The minimum Gasteiger partial charge on any atom is -0.490 e. The number of aliphatic hydroxyl groups is 1. The van der Waals surface area contributed by atoms with Crippen LogP contribution in [-0.4, -0.2) is 63.1 Å². The lowest BCUT2D eigenvalue weighted by atomic mass is 9.95. The molecule has 0 unspecified atom stereocenters. The Hall–Kier alpha value is -4.45. The van der Waals surface area contributed by atoms with Crippen LogP contribution in [-0.2, 0) is 9.53 Å². The lowest BCUT2D eigenvalue weighted by Gasteiger charge is -2.28. The normalized spacial score (nSPS) is 17.4. The zero-order valence-corrected chi connectivity index (χ0v) is 21.3. The number of allylic oxidation sites excluding steroid dienone is 1. The Balaban J connectivity index is 1.41. The van der Waals surface area contributed by atoms with Crippen molar-refractivity contribution in [3.63, 3.8) is 0 Å². The summed E-state index contributed by atoms with van der Waals surface area (Å²) in [6.07, 6.45) is 0.432. The van der Waals surface area contributed by atoms with E-state index in [4.69, 9.17) is 23.7 Å². The highest BCUT2D eigenvalue weighted by Gasteiger charge is 2.32. The molecule has 0 aromatic heterocycles. The molecule has 2 atom stereocenters. The smallest absolute Gasteiger partial charge is 0.337 e. The van der Waals surface area contributed by atoms with Gasteiger partial charge in [-0.05, 0) is 55.3 Å². The van der Waals surface area contributed by atoms with E-state index < -0.39 is 24.3 Å². The average molecular weight is 527 g/mol. The molecule has 202 valence electrons. The molecule has 0 saturated heterocycles. The highest BCUT2D eigenvalue weighted by atomic mass is 16.6. The van der Waals surface area contributed by atoms with E-state index >= 15 is 0 Å². The molecule has 4 rings (SSSR count). The first-order chi connectivity index (χ1) is 18.4. The fourth-order valence-electron chi connectivity index (χ4n) is 3.96. The van der Waals surface area contributed by atoms with Gasteiger partial charge in [-0.15, -0.1) is 0 Å². The number of carbonyl (C=O) groups is 2. The maximum Gasteiger partial charge on any atom is 0.337 e. The highest BCUT2D eigenvalue weighted by Crippen LogP contribution is 2.35. The molecule has 12 nitrogen and oxygen atoms in total. The van der Waals surface area contributed by atoms with E-state index in [1.54, 1.807) is 43.5 Å². The summed E-state index contributed by atoms with van der Waals surface area (Å²) in [5.74, 6) is 1.51. The SMILES string of the molecule is CCOc1cc([C@@H]2NC(=O)NC(C)=C2C(=O)OC)ccc1OC[C@H](O)N/N=C/c1ccc2c(c1)OCCO2. The van der Waals surface area contributed by atoms with Crippen molar-refractivity contribution in [2.24, 2.45) is 5.10 Å². The van der Waals surface area contributed by atoms with Crippen molar-refractivity contribution in [2.45, 2.75) is 26.1 Å². The van der Waals surface area contributed by atoms with Crippen molar-refractivity contribution < 1.29 is 38.4 Å². The first-order valence-corrected chi connectivity index (χ1v) is 12.0. The Morgan fingerprint density at radius 1 is 1.18 bits per heavy atom. The van der Waals surface area contributed by atoms with Gasteiger partial charge in [0.1, 0.15) is 19.8 Å². The Labute approximate surface area is 219 Å². The Morgan fingerprint density at radius 2 is 1.97 bits per heavy atom. The number of benzene rings is 2. The molecule has 0 spiro atoms. The second-order valence-corrected chi connectivity index (χ2v) is 8.32. The largest absolute Gasteiger partial charge is 0.490 e. The molecule has 2 heterocycles. The summed E-state index contributed by atoms with van der Waals surface area (Å²) >= 11 is 0. The maximum absolute atomic E-state index is 12.4. The van der Waals surface area contributed by atoms with E-state index in [0.29, 0.717) is 54.1 Å². The van der Waals surface area contributed by atoms with Crippen molar-refractivity contribution in [3.05, 3.63) is 58.8 Å². The van der Waals surface area contributed by atoms with E-state index in [0.717, 1.165) is 5.56 Å². The van der Waals surface area contributed by atoms with Gasteiger partial charge < -0.3 is 39.4 Å². The van der Waals surface area contributed by atoms with E-state index in [1.165, 1.54) is 7.11 Å². The number of hydrazone groups is 1. The average Bonchev–Trinajstić information content (AvgIpc) is 2.91. The van der Waals surface area contributed by atoms with Gasteiger partial charge in [-0.3, -0.25) is 5.43 Å². The minimum atomic E-state index is -1.11. The van der Waals surface area contributed by atoms with Gasteiger partial charge in [-0.25, -0.2) is 9.59 Å². The number of hydrogen-bond acceptors (Lipinski definition) is 10. The molecule has 0 radical (unpaired) electrons. The fraction of sp³-hybridized carbons (Fsp3) is 0.346. The number of nitrogens with one attached hydrogen (secondary N) is 3. The van der Waals surface area contributed by atoms with Crippen molar-refractivity contribution in [2.75, 3.05) is 33.5 Å². The lowest BCUT2D eigenvalue weighted by molar-refractivity contribution is -0.136. The van der Waals surface area contributed by atoms with Gasteiger partial charge in [-0.2, -0.15) is 5.10 Å². The first kappa shape index (κ1) is 26.6. The molecule has 12 heteroatoms. The van der Waals surface area contributed by atoms with Gasteiger partial charge in [0, 0.05) is 5.70 Å². The van der Waals surface area contributed by atoms with E-state index in [-0.39, 0.29) is 12.2 Å². The number of aliphatic hydroxyl groups excluding tert-OH is 1. The molecule has 2 amide bonds. The highest BCUT2D eigenvalue weighted by molar-refractivity contribution is 5.95. The summed E-state index contributed by atoms with van der Waals surface area (Å²) in [6.45, 7) is 4.66. The van der Waals surface area contributed by atoms with Gasteiger partial charge in [0.15, 0.2) is 29.2 Å². The van der Waals surface area contributed by atoms with Gasteiger partial charge >= 0.3 is 12.0 Å². The molecule has 2 aromatic rings. The molecular formula is C26H30N4O8. The third-order valence-corrected chi connectivity index (χ3v) is 5.68. The summed E-state index contributed by atoms with van der Waals surface area (Å²) in [5.41, 5.74) is 4.64. The number of amides is 2. The summed E-state index contributed by atoms with van der Waals surface area (Å²) in [4.78, 5) is 24.5. The number of hydrogen-bond donors (Lipinski definition) is 4. The second kappa shape index (κ2) is 12.2. The molecule has 2 aliphatic heterocycles. The van der Waals surface area contributed by atoms with Gasteiger partial charge in [-0.1, -0.05) is 6.07 Å². The van der Waals surface area contributed by atoms with Gasteiger partial charge in [0.05, 0.1) is 31.5 Å². The standard InChI is InChI=1S/C26H30N4O8/c1-4-35-21-12-17(24-23(25(32)34-3)15(2)28-26(33)29-24)6-8-19(21)38-14-22(31)30-27-13-16-5-7-18-20(11-16)37-10-9-36-18/h5-8,11-13,22,24,30-31H,4,9-10,14H2,1-3H3,(H2,28,29,33)/b27-13+/t22-,24-/m0/s1. The number of ether oxygens (including phenoxy) is 5. The van der Waals surface area contributed by atoms with Crippen molar-refractivity contribution in [3.8, 4) is 23.0 Å². The summed E-state index contributed by atoms with van der Waals surface area (Å²) in [6, 6.07) is 9.25. The minimum absolute atomic E-state index is 0.131. The number of carbonyl (C=O) groups excluding carboxylic acids is 2. The van der Waals surface area contributed by atoms with E-state index in [2.05, 4.69) is 21.2 Å². The van der Waals surface area contributed by atoms with Gasteiger partial charge in [0.25, 0.3) is 0 Å². The summed E-state index contributed by atoms with van der Waals surface area (Å²) in [7, 11) is 1.28. The number of fused-ring (bicyclic) bond motifs is 1. The quantitative estimate of drug-likeness (QED) is 0.158. The molecule has 0 aliphatic carbocycles. The molecule has 38 heavy (non-hydrogen) atoms. The fourth-order valence-corrected chi connectivity index (χ4v) is 3.96. The Morgan fingerprint density at radius 3 is 2.74 bits per heavy atom. The number of methoxy groups -OCH3 is 1.